The summed E-state index contributed by atoms with van der Waals surface area (Å²) in [5, 5.41) is 13.1. The first kappa shape index (κ1) is 15.2. The van der Waals surface area contributed by atoms with E-state index >= 15 is 0 Å². The monoisotopic (exact) mass is 359 g/mol. The molecule has 0 atom stereocenters. The highest BCUT2D eigenvalue weighted by atomic mass is 32.1. The van der Waals surface area contributed by atoms with Gasteiger partial charge in [-0.25, -0.2) is 4.98 Å². The summed E-state index contributed by atoms with van der Waals surface area (Å²) < 4.78 is 2.05. The molecular formula is C20H17N5S. The largest absolute Gasteiger partial charge is 0.353 e. The molecule has 26 heavy (non-hydrogen) atoms. The van der Waals surface area contributed by atoms with Crippen molar-refractivity contribution in [3.8, 4) is 33.9 Å². The summed E-state index contributed by atoms with van der Waals surface area (Å²) in [5.41, 5.74) is 7.49. The Labute approximate surface area is 154 Å². The average molecular weight is 359 g/mol. The van der Waals surface area contributed by atoms with E-state index in [4.69, 9.17) is 0 Å². The molecule has 6 heteroatoms. The van der Waals surface area contributed by atoms with Crippen molar-refractivity contribution in [1.82, 2.24) is 24.7 Å². The molecule has 2 N–H and O–H groups in total. The highest BCUT2D eigenvalue weighted by molar-refractivity contribution is 7.08. The quantitative estimate of drug-likeness (QED) is 0.476. The van der Waals surface area contributed by atoms with E-state index in [2.05, 4.69) is 71.9 Å². The van der Waals surface area contributed by atoms with Gasteiger partial charge in [0.25, 0.3) is 0 Å². The number of fused-ring (bicyclic) bond motifs is 1. The molecule has 0 saturated carbocycles. The van der Waals surface area contributed by atoms with E-state index in [0.717, 1.165) is 34.1 Å². The number of aryl methyl sites for hydroxylation is 1. The van der Waals surface area contributed by atoms with Gasteiger partial charge in [-0.1, -0.05) is 12.1 Å². The van der Waals surface area contributed by atoms with E-state index in [9.17, 15) is 0 Å². The zero-order valence-electron chi connectivity index (χ0n) is 14.4. The lowest BCUT2D eigenvalue weighted by Crippen LogP contribution is -1.94. The van der Waals surface area contributed by atoms with Gasteiger partial charge in [-0.15, -0.1) is 0 Å². The Morgan fingerprint density at radius 1 is 1.12 bits per heavy atom. The Kier molecular flexibility index (Phi) is 3.33. The molecule has 0 fully saturated rings. The fraction of sp³-hybridized carbons (Fsp3) is 0.100. The Hall–Kier alpha value is -3.12. The van der Waals surface area contributed by atoms with Gasteiger partial charge in [-0.3, -0.25) is 5.10 Å². The van der Waals surface area contributed by atoms with Crippen LogP contribution in [0.3, 0.4) is 0 Å². The maximum atomic E-state index is 4.51. The number of rotatable bonds is 3. The molecule has 5 aromatic rings. The van der Waals surface area contributed by atoms with Crippen molar-refractivity contribution in [2.24, 2.45) is 7.05 Å². The molecule has 4 aromatic heterocycles. The number of aromatic nitrogens is 5. The maximum Gasteiger partial charge on any atom is 0.109 e. The van der Waals surface area contributed by atoms with Crippen molar-refractivity contribution in [2.75, 3.05) is 0 Å². The van der Waals surface area contributed by atoms with Crippen LogP contribution in [-0.2, 0) is 7.05 Å². The van der Waals surface area contributed by atoms with Gasteiger partial charge in [0, 0.05) is 18.0 Å². The summed E-state index contributed by atoms with van der Waals surface area (Å²) in [6, 6.07) is 12.7. The van der Waals surface area contributed by atoms with Gasteiger partial charge in [-0.05, 0) is 53.1 Å². The number of benzene rings is 1. The summed E-state index contributed by atoms with van der Waals surface area (Å²) in [7, 11) is 2.01. The number of thiophene rings is 1. The van der Waals surface area contributed by atoms with Crippen LogP contribution in [0, 0.1) is 6.92 Å². The SMILES string of the molecule is Cc1ncc(-c2cc(-c3cc4c(-c5ccsc5)cccc4[nH]3)n[nH]2)n1C. The van der Waals surface area contributed by atoms with Gasteiger partial charge in [-0.2, -0.15) is 16.4 Å². The van der Waals surface area contributed by atoms with E-state index in [0.29, 0.717) is 0 Å². The van der Waals surface area contributed by atoms with Gasteiger partial charge in [0.1, 0.15) is 11.5 Å². The minimum absolute atomic E-state index is 0.895. The van der Waals surface area contributed by atoms with Crippen molar-refractivity contribution < 1.29 is 0 Å². The van der Waals surface area contributed by atoms with E-state index in [1.165, 1.54) is 16.5 Å². The first-order chi connectivity index (χ1) is 12.7. The lowest BCUT2D eigenvalue weighted by Gasteiger charge is -1.99. The van der Waals surface area contributed by atoms with E-state index in [1.54, 1.807) is 11.3 Å². The van der Waals surface area contributed by atoms with Crippen LogP contribution < -0.4 is 0 Å². The Morgan fingerprint density at radius 2 is 2.04 bits per heavy atom. The molecule has 0 aliphatic carbocycles. The first-order valence-corrected chi connectivity index (χ1v) is 9.34. The Balaban J connectivity index is 1.60. The third-order valence-corrected chi connectivity index (χ3v) is 5.53. The third kappa shape index (κ3) is 2.30. The van der Waals surface area contributed by atoms with Crippen LogP contribution in [0.4, 0.5) is 0 Å². The maximum absolute atomic E-state index is 4.51. The molecule has 0 aliphatic heterocycles. The zero-order chi connectivity index (χ0) is 17.7. The molecule has 0 saturated heterocycles. The van der Waals surface area contributed by atoms with Crippen LogP contribution in [-0.4, -0.2) is 24.7 Å². The van der Waals surface area contributed by atoms with Gasteiger partial charge in [0.05, 0.1) is 23.3 Å². The van der Waals surface area contributed by atoms with Crippen LogP contribution in [0.25, 0.3) is 44.8 Å². The summed E-state index contributed by atoms with van der Waals surface area (Å²) in [5.74, 6) is 0.974. The highest BCUT2D eigenvalue weighted by Gasteiger charge is 2.13. The smallest absolute Gasteiger partial charge is 0.109 e. The molecule has 128 valence electrons. The van der Waals surface area contributed by atoms with Crippen molar-refractivity contribution in [1.29, 1.82) is 0 Å². The van der Waals surface area contributed by atoms with Gasteiger partial charge >= 0.3 is 0 Å². The normalized spacial score (nSPS) is 11.5. The standard InChI is InChI=1S/C20H17N5S/c1-12-21-10-20(25(12)2)19-9-18(23-24-19)17-8-15-14(13-6-7-26-11-13)4-3-5-16(15)22-17/h3-11,22H,1-2H3,(H,23,24). The Morgan fingerprint density at radius 3 is 2.81 bits per heavy atom. The van der Waals surface area contributed by atoms with Gasteiger partial charge in [0.2, 0.25) is 0 Å². The number of nitrogens with one attached hydrogen (secondary N) is 2. The summed E-state index contributed by atoms with van der Waals surface area (Å²) in [6.07, 6.45) is 1.87. The van der Waals surface area contributed by atoms with E-state index in [-0.39, 0.29) is 0 Å². The predicted octanol–water partition coefficient (Wildman–Crippen LogP) is 5.00. The first-order valence-electron chi connectivity index (χ1n) is 8.39. The average Bonchev–Trinajstić information content (AvgIpc) is 3.42. The molecule has 0 amide bonds. The second kappa shape index (κ2) is 5.71. The summed E-state index contributed by atoms with van der Waals surface area (Å²) in [4.78, 5) is 7.86. The lowest BCUT2D eigenvalue weighted by atomic mass is 10.0. The fourth-order valence-corrected chi connectivity index (χ4v) is 3.96. The number of hydrogen-bond acceptors (Lipinski definition) is 3. The van der Waals surface area contributed by atoms with Gasteiger partial charge in [0.15, 0.2) is 0 Å². The highest BCUT2D eigenvalue weighted by Crippen LogP contribution is 2.33. The fourth-order valence-electron chi connectivity index (χ4n) is 3.31. The number of hydrogen-bond donors (Lipinski definition) is 2. The summed E-state index contributed by atoms with van der Waals surface area (Å²) in [6.45, 7) is 1.99. The second-order valence-corrected chi connectivity index (χ2v) is 7.16. The molecule has 0 radical (unpaired) electrons. The molecule has 0 spiro atoms. The molecule has 0 aliphatic rings. The van der Waals surface area contributed by atoms with Crippen LogP contribution >= 0.6 is 11.3 Å². The molecular weight excluding hydrogens is 342 g/mol. The van der Waals surface area contributed by atoms with E-state index < -0.39 is 0 Å². The second-order valence-electron chi connectivity index (χ2n) is 6.38. The van der Waals surface area contributed by atoms with Crippen molar-refractivity contribution >= 4 is 22.2 Å². The molecule has 4 heterocycles. The zero-order valence-corrected chi connectivity index (χ0v) is 15.3. The lowest BCUT2D eigenvalue weighted by molar-refractivity contribution is 0.860. The third-order valence-electron chi connectivity index (χ3n) is 4.85. The topological polar surface area (TPSA) is 62.3 Å². The van der Waals surface area contributed by atoms with Crippen LogP contribution in [0.2, 0.25) is 0 Å². The molecule has 0 bridgehead atoms. The number of aromatic amines is 2. The van der Waals surface area contributed by atoms with Crippen LogP contribution in [0.15, 0.2) is 53.4 Å². The molecule has 5 nitrogen and oxygen atoms in total. The minimum atomic E-state index is 0.895. The number of H-pyrrole nitrogens is 2. The summed E-state index contributed by atoms with van der Waals surface area (Å²) >= 11 is 1.71. The van der Waals surface area contributed by atoms with Crippen molar-refractivity contribution in [3.05, 3.63) is 59.2 Å². The Bertz CT molecular complexity index is 1210. The molecule has 0 unspecified atom stereocenters. The van der Waals surface area contributed by atoms with Crippen LogP contribution in [0.5, 0.6) is 0 Å². The van der Waals surface area contributed by atoms with Crippen molar-refractivity contribution in [3.63, 3.8) is 0 Å². The molecule has 1 aromatic carbocycles. The van der Waals surface area contributed by atoms with Crippen LogP contribution in [0.1, 0.15) is 5.82 Å². The number of nitrogens with zero attached hydrogens (tertiary/aromatic N) is 3. The van der Waals surface area contributed by atoms with E-state index in [1.807, 2.05) is 20.2 Å². The van der Waals surface area contributed by atoms with Crippen molar-refractivity contribution in [2.45, 2.75) is 6.92 Å². The number of imidazole rings is 1. The molecule has 5 rings (SSSR count). The minimum Gasteiger partial charge on any atom is -0.353 e. The van der Waals surface area contributed by atoms with Gasteiger partial charge < -0.3 is 9.55 Å². The predicted molar refractivity (Wildman–Crippen MR) is 106 cm³/mol.